The summed E-state index contributed by atoms with van der Waals surface area (Å²) >= 11 is 0. The van der Waals surface area contributed by atoms with E-state index in [4.69, 9.17) is 0 Å². The van der Waals surface area contributed by atoms with Gasteiger partial charge < -0.3 is 10.6 Å². The lowest BCUT2D eigenvalue weighted by atomic mass is 9.98. The summed E-state index contributed by atoms with van der Waals surface area (Å²) in [6, 6.07) is 4.23. The number of carbonyl (C=O) groups is 1. The van der Waals surface area contributed by atoms with E-state index < -0.39 is 0 Å². The van der Waals surface area contributed by atoms with E-state index in [1.54, 1.807) is 0 Å². The van der Waals surface area contributed by atoms with Crippen molar-refractivity contribution in [2.75, 3.05) is 13.6 Å². The largest absolute Gasteiger partial charge is 0.352 e. The highest BCUT2D eigenvalue weighted by Crippen LogP contribution is 2.17. The maximum atomic E-state index is 12.0. The zero-order chi connectivity index (χ0) is 14.4. The van der Waals surface area contributed by atoms with Crippen molar-refractivity contribution in [1.29, 1.82) is 0 Å². The Morgan fingerprint density at radius 3 is 2.47 bits per heavy atom. The standard InChI is InChI=1S/C16H26N2O/c1-6-14(9-17-5)16(19)18-10-15-8-7-11(2)12(3)13(15)4/h7-8,14,17H,6,9-10H2,1-5H3,(H,18,19). The van der Waals surface area contributed by atoms with Crippen LogP contribution in [-0.4, -0.2) is 19.5 Å². The molecule has 1 unspecified atom stereocenters. The molecular weight excluding hydrogens is 236 g/mol. The number of hydrogen-bond donors (Lipinski definition) is 2. The molecule has 0 aliphatic carbocycles. The van der Waals surface area contributed by atoms with Crippen LogP contribution in [0.15, 0.2) is 12.1 Å². The Morgan fingerprint density at radius 2 is 1.89 bits per heavy atom. The maximum absolute atomic E-state index is 12.0. The summed E-state index contributed by atoms with van der Waals surface area (Å²) in [5.74, 6) is 0.186. The van der Waals surface area contributed by atoms with Crippen LogP contribution in [0.4, 0.5) is 0 Å². The number of amides is 1. The first-order valence-corrected chi connectivity index (χ1v) is 6.99. The van der Waals surface area contributed by atoms with Crippen molar-refractivity contribution in [3.8, 4) is 0 Å². The molecule has 0 aliphatic rings. The van der Waals surface area contributed by atoms with Crippen LogP contribution in [0.5, 0.6) is 0 Å². The fourth-order valence-corrected chi connectivity index (χ4v) is 2.20. The summed E-state index contributed by atoms with van der Waals surface area (Å²) in [6.07, 6.45) is 0.860. The van der Waals surface area contributed by atoms with Crippen LogP contribution in [0.2, 0.25) is 0 Å². The van der Waals surface area contributed by atoms with Crippen LogP contribution in [0, 0.1) is 26.7 Å². The van der Waals surface area contributed by atoms with Gasteiger partial charge in [-0.25, -0.2) is 0 Å². The minimum atomic E-state index is 0.0526. The molecule has 0 fully saturated rings. The van der Waals surface area contributed by atoms with E-state index in [2.05, 4.69) is 43.5 Å². The van der Waals surface area contributed by atoms with Gasteiger partial charge in [0.25, 0.3) is 0 Å². The van der Waals surface area contributed by atoms with Crippen molar-refractivity contribution in [3.63, 3.8) is 0 Å². The van der Waals surface area contributed by atoms with Gasteiger partial charge >= 0.3 is 0 Å². The molecule has 0 heterocycles. The van der Waals surface area contributed by atoms with Crippen LogP contribution in [0.1, 0.15) is 35.6 Å². The normalized spacial score (nSPS) is 12.3. The minimum Gasteiger partial charge on any atom is -0.352 e. The zero-order valence-electron chi connectivity index (χ0n) is 12.8. The Hall–Kier alpha value is -1.35. The van der Waals surface area contributed by atoms with E-state index >= 15 is 0 Å². The molecule has 0 spiro atoms. The summed E-state index contributed by atoms with van der Waals surface area (Å²) in [5.41, 5.74) is 5.10. The highest BCUT2D eigenvalue weighted by Gasteiger charge is 2.15. The van der Waals surface area contributed by atoms with Crippen LogP contribution in [0.3, 0.4) is 0 Å². The van der Waals surface area contributed by atoms with Crippen LogP contribution < -0.4 is 10.6 Å². The first kappa shape index (κ1) is 15.7. The highest BCUT2D eigenvalue weighted by molar-refractivity contribution is 5.78. The third-order valence-corrected chi connectivity index (χ3v) is 3.94. The van der Waals surface area contributed by atoms with E-state index in [-0.39, 0.29) is 11.8 Å². The summed E-state index contributed by atoms with van der Waals surface area (Å²) in [6.45, 7) is 9.76. The first-order valence-electron chi connectivity index (χ1n) is 6.99. The Kier molecular flexibility index (Phi) is 6.03. The molecule has 0 bridgehead atoms. The average molecular weight is 262 g/mol. The van der Waals surface area contributed by atoms with Crippen molar-refractivity contribution < 1.29 is 4.79 Å². The molecule has 1 aromatic carbocycles. The second-order valence-corrected chi connectivity index (χ2v) is 5.17. The van der Waals surface area contributed by atoms with Crippen molar-refractivity contribution >= 4 is 5.91 Å². The van der Waals surface area contributed by atoms with E-state index in [1.807, 2.05) is 14.0 Å². The van der Waals surface area contributed by atoms with Gasteiger partial charge in [-0.15, -0.1) is 0 Å². The lowest BCUT2D eigenvalue weighted by Gasteiger charge is -2.16. The number of rotatable bonds is 6. The summed E-state index contributed by atoms with van der Waals surface area (Å²) in [4.78, 5) is 12.0. The maximum Gasteiger partial charge on any atom is 0.224 e. The lowest BCUT2D eigenvalue weighted by Crippen LogP contribution is -2.35. The molecule has 106 valence electrons. The van der Waals surface area contributed by atoms with Gasteiger partial charge in [0, 0.05) is 13.1 Å². The SMILES string of the molecule is CCC(CNC)C(=O)NCc1ccc(C)c(C)c1C. The van der Waals surface area contributed by atoms with E-state index in [1.165, 1.54) is 22.3 Å². The van der Waals surface area contributed by atoms with Crippen LogP contribution in [-0.2, 0) is 11.3 Å². The summed E-state index contributed by atoms with van der Waals surface area (Å²) in [5, 5.41) is 6.11. The lowest BCUT2D eigenvalue weighted by molar-refractivity contribution is -0.125. The third-order valence-electron chi connectivity index (χ3n) is 3.94. The molecule has 0 saturated carbocycles. The van der Waals surface area contributed by atoms with Crippen molar-refractivity contribution in [2.24, 2.45) is 5.92 Å². The second kappa shape index (κ2) is 7.29. The van der Waals surface area contributed by atoms with E-state index in [9.17, 15) is 4.79 Å². The number of carbonyl (C=O) groups excluding carboxylic acids is 1. The number of nitrogens with one attached hydrogen (secondary N) is 2. The fraction of sp³-hybridized carbons (Fsp3) is 0.562. The predicted molar refractivity (Wildman–Crippen MR) is 80.2 cm³/mol. The molecule has 2 N–H and O–H groups in total. The van der Waals surface area contributed by atoms with Gasteiger partial charge in [-0.05, 0) is 56.5 Å². The quantitative estimate of drug-likeness (QED) is 0.827. The second-order valence-electron chi connectivity index (χ2n) is 5.17. The van der Waals surface area contributed by atoms with Crippen molar-refractivity contribution in [1.82, 2.24) is 10.6 Å². The van der Waals surface area contributed by atoms with Gasteiger partial charge in [0.2, 0.25) is 5.91 Å². The minimum absolute atomic E-state index is 0.0526. The molecule has 0 radical (unpaired) electrons. The highest BCUT2D eigenvalue weighted by atomic mass is 16.1. The molecule has 1 aromatic rings. The van der Waals surface area contributed by atoms with Gasteiger partial charge in [0.15, 0.2) is 0 Å². The van der Waals surface area contributed by atoms with Gasteiger partial charge in [-0.3, -0.25) is 4.79 Å². The fourth-order valence-electron chi connectivity index (χ4n) is 2.20. The molecule has 3 nitrogen and oxygen atoms in total. The van der Waals surface area contributed by atoms with Crippen LogP contribution in [0.25, 0.3) is 0 Å². The van der Waals surface area contributed by atoms with E-state index in [0.717, 1.165) is 13.0 Å². The molecule has 1 atom stereocenters. The number of aryl methyl sites for hydroxylation is 1. The first-order chi connectivity index (χ1) is 9.01. The Morgan fingerprint density at radius 1 is 1.21 bits per heavy atom. The molecule has 3 heteroatoms. The van der Waals surface area contributed by atoms with Gasteiger partial charge in [-0.1, -0.05) is 19.1 Å². The zero-order valence-corrected chi connectivity index (χ0v) is 12.8. The molecule has 19 heavy (non-hydrogen) atoms. The average Bonchev–Trinajstić information content (AvgIpc) is 2.41. The predicted octanol–water partition coefficient (Wildman–Crippen LogP) is 2.47. The summed E-state index contributed by atoms with van der Waals surface area (Å²) in [7, 11) is 1.88. The van der Waals surface area contributed by atoms with Gasteiger partial charge in [0.05, 0.1) is 5.92 Å². The Bertz CT molecular complexity index is 441. The number of benzene rings is 1. The van der Waals surface area contributed by atoms with E-state index in [0.29, 0.717) is 6.54 Å². The van der Waals surface area contributed by atoms with Crippen molar-refractivity contribution in [3.05, 3.63) is 34.4 Å². The van der Waals surface area contributed by atoms with Crippen molar-refractivity contribution in [2.45, 2.75) is 40.7 Å². The summed E-state index contributed by atoms with van der Waals surface area (Å²) < 4.78 is 0. The molecule has 1 rings (SSSR count). The monoisotopic (exact) mass is 262 g/mol. The molecular formula is C16H26N2O. The molecule has 0 saturated heterocycles. The van der Waals surface area contributed by atoms with Gasteiger partial charge in [0.1, 0.15) is 0 Å². The smallest absolute Gasteiger partial charge is 0.224 e. The number of hydrogen-bond acceptors (Lipinski definition) is 2. The topological polar surface area (TPSA) is 41.1 Å². The molecule has 0 aliphatic heterocycles. The molecule has 1 amide bonds. The Labute approximate surface area is 116 Å². The third kappa shape index (κ3) is 4.06. The van der Waals surface area contributed by atoms with Gasteiger partial charge in [-0.2, -0.15) is 0 Å². The van der Waals surface area contributed by atoms with Crippen LogP contribution >= 0.6 is 0 Å². The Balaban J connectivity index is 2.67. The molecule has 0 aromatic heterocycles.